The van der Waals surface area contributed by atoms with Crippen LogP contribution in [0.2, 0.25) is 0 Å². The molecule has 1 fully saturated rings. The van der Waals surface area contributed by atoms with E-state index in [9.17, 15) is 14.7 Å². The first kappa shape index (κ1) is 21.9. The van der Waals surface area contributed by atoms with Gasteiger partial charge in [-0.2, -0.15) is 5.10 Å². The van der Waals surface area contributed by atoms with Crippen molar-refractivity contribution in [1.29, 1.82) is 0 Å². The Morgan fingerprint density at radius 2 is 2.00 bits per heavy atom. The summed E-state index contributed by atoms with van der Waals surface area (Å²) in [4.78, 5) is 27.1. The fourth-order valence-corrected chi connectivity index (χ4v) is 4.75. The summed E-state index contributed by atoms with van der Waals surface area (Å²) < 4.78 is 7.89. The summed E-state index contributed by atoms with van der Waals surface area (Å²) in [6.45, 7) is 4.16. The molecule has 174 valence electrons. The number of likely N-dealkylation sites (tertiary alicyclic amines) is 1. The van der Waals surface area contributed by atoms with Gasteiger partial charge in [-0.1, -0.05) is 12.1 Å². The minimum absolute atomic E-state index is 0.0223. The molecule has 1 aliphatic rings. The van der Waals surface area contributed by atoms with Gasteiger partial charge in [-0.3, -0.25) is 9.59 Å². The molecule has 1 saturated heterocycles. The monoisotopic (exact) mass is 458 g/mol. The van der Waals surface area contributed by atoms with Crippen LogP contribution in [0.1, 0.15) is 39.6 Å². The average Bonchev–Trinajstić information content (AvgIpc) is 3.36. The number of rotatable bonds is 4. The molecule has 0 spiro atoms. The lowest BCUT2D eigenvalue weighted by Gasteiger charge is -2.20. The van der Waals surface area contributed by atoms with Gasteiger partial charge in [-0.15, -0.1) is 0 Å². The van der Waals surface area contributed by atoms with E-state index in [4.69, 9.17) is 4.74 Å². The van der Waals surface area contributed by atoms with E-state index in [1.54, 1.807) is 41.0 Å². The molecule has 2 amide bonds. The summed E-state index contributed by atoms with van der Waals surface area (Å²) in [5, 5.41) is 18.7. The zero-order valence-electron chi connectivity index (χ0n) is 19.3. The molecule has 0 saturated carbocycles. The molecule has 5 rings (SSSR count). The molecule has 2 atom stereocenters. The summed E-state index contributed by atoms with van der Waals surface area (Å²) in [5.41, 5.74) is 2.62. The van der Waals surface area contributed by atoms with Crippen molar-refractivity contribution in [2.45, 2.75) is 32.4 Å². The van der Waals surface area contributed by atoms with E-state index in [0.717, 1.165) is 16.3 Å². The lowest BCUT2D eigenvalue weighted by Crippen LogP contribution is -2.34. The highest BCUT2D eigenvalue weighted by atomic mass is 16.5. The van der Waals surface area contributed by atoms with Crippen LogP contribution in [-0.2, 0) is 0 Å². The quantitative estimate of drug-likeness (QED) is 0.488. The van der Waals surface area contributed by atoms with E-state index in [2.05, 4.69) is 10.4 Å². The Morgan fingerprint density at radius 3 is 2.74 bits per heavy atom. The van der Waals surface area contributed by atoms with Crippen molar-refractivity contribution in [3.05, 3.63) is 71.5 Å². The number of ether oxygens (including phenoxy) is 1. The number of benzene rings is 2. The second-order valence-corrected chi connectivity index (χ2v) is 8.72. The predicted octanol–water partition coefficient (Wildman–Crippen LogP) is 3.54. The van der Waals surface area contributed by atoms with Crippen LogP contribution in [0.4, 0.5) is 0 Å². The van der Waals surface area contributed by atoms with Gasteiger partial charge < -0.3 is 20.1 Å². The number of hydrogen-bond acceptors (Lipinski definition) is 5. The fourth-order valence-electron chi connectivity index (χ4n) is 4.75. The van der Waals surface area contributed by atoms with Crippen LogP contribution in [0, 0.1) is 6.92 Å². The van der Waals surface area contributed by atoms with E-state index in [1.807, 2.05) is 44.2 Å². The highest BCUT2D eigenvalue weighted by Gasteiger charge is 2.33. The van der Waals surface area contributed by atoms with E-state index >= 15 is 0 Å². The van der Waals surface area contributed by atoms with Crippen molar-refractivity contribution in [1.82, 2.24) is 19.8 Å². The highest BCUT2D eigenvalue weighted by molar-refractivity contribution is 6.07. The van der Waals surface area contributed by atoms with Crippen LogP contribution < -0.4 is 10.1 Å². The van der Waals surface area contributed by atoms with Gasteiger partial charge in [0.25, 0.3) is 11.8 Å². The van der Waals surface area contributed by atoms with Gasteiger partial charge in [0.2, 0.25) is 0 Å². The van der Waals surface area contributed by atoms with E-state index in [1.165, 1.54) is 0 Å². The SMILES string of the molecule is CNC(=O)c1cccc2cc(Oc3ccnn4cc(C(=O)N5C[C@@H](O)C[C@@H]5C)c(C)c34)ccc12. The maximum Gasteiger partial charge on any atom is 0.256 e. The summed E-state index contributed by atoms with van der Waals surface area (Å²) in [7, 11) is 1.61. The van der Waals surface area contributed by atoms with Crippen LogP contribution >= 0.6 is 0 Å². The molecule has 2 N–H and O–H groups in total. The van der Waals surface area contributed by atoms with Gasteiger partial charge in [0, 0.05) is 37.5 Å². The standard InChI is InChI=1S/C26H26N4O4/c1-15-11-18(31)13-29(15)26(33)22-14-30-24(16(22)2)23(9-10-28-30)34-19-7-8-20-17(12-19)5-4-6-21(20)25(32)27-3/h4-10,12,14-15,18,31H,11,13H2,1-3H3,(H,27,32)/t15-,18-/m0/s1. The zero-order chi connectivity index (χ0) is 24.0. The lowest BCUT2D eigenvalue weighted by molar-refractivity contribution is 0.0725. The minimum Gasteiger partial charge on any atom is -0.455 e. The average molecular weight is 459 g/mol. The third kappa shape index (κ3) is 3.66. The molecule has 0 aliphatic carbocycles. The maximum absolute atomic E-state index is 13.2. The summed E-state index contributed by atoms with van der Waals surface area (Å²) in [5.74, 6) is 0.920. The Morgan fingerprint density at radius 1 is 1.18 bits per heavy atom. The molecule has 2 aromatic carbocycles. The van der Waals surface area contributed by atoms with Crippen molar-refractivity contribution in [2.24, 2.45) is 0 Å². The van der Waals surface area contributed by atoms with Crippen molar-refractivity contribution in [3.8, 4) is 11.5 Å². The lowest BCUT2D eigenvalue weighted by atomic mass is 10.0. The Bertz CT molecular complexity index is 1430. The van der Waals surface area contributed by atoms with Gasteiger partial charge in [0.1, 0.15) is 11.3 Å². The first-order valence-electron chi connectivity index (χ1n) is 11.3. The van der Waals surface area contributed by atoms with Crippen molar-refractivity contribution >= 4 is 28.1 Å². The Labute approximate surface area is 196 Å². The number of nitrogens with one attached hydrogen (secondary N) is 1. The summed E-state index contributed by atoms with van der Waals surface area (Å²) in [6, 6.07) is 12.9. The molecule has 34 heavy (non-hydrogen) atoms. The molecular weight excluding hydrogens is 432 g/mol. The van der Waals surface area contributed by atoms with Crippen LogP contribution in [-0.4, -0.2) is 57.2 Å². The van der Waals surface area contributed by atoms with Gasteiger partial charge >= 0.3 is 0 Å². The van der Waals surface area contributed by atoms with Crippen LogP contribution in [0.25, 0.3) is 16.3 Å². The largest absolute Gasteiger partial charge is 0.455 e. The number of aliphatic hydroxyl groups is 1. The maximum atomic E-state index is 13.2. The molecule has 4 aromatic rings. The van der Waals surface area contributed by atoms with E-state index < -0.39 is 6.10 Å². The third-order valence-electron chi connectivity index (χ3n) is 6.49. The molecule has 8 nitrogen and oxygen atoms in total. The van der Waals surface area contributed by atoms with Crippen molar-refractivity contribution in [3.63, 3.8) is 0 Å². The highest BCUT2D eigenvalue weighted by Crippen LogP contribution is 2.33. The molecule has 0 radical (unpaired) electrons. The van der Waals surface area contributed by atoms with Crippen LogP contribution in [0.15, 0.2) is 54.9 Å². The number of amides is 2. The number of carbonyl (C=O) groups excluding carboxylic acids is 2. The molecule has 3 heterocycles. The molecule has 2 aromatic heterocycles. The number of aromatic nitrogens is 2. The number of nitrogens with zero attached hydrogens (tertiary/aromatic N) is 3. The number of fused-ring (bicyclic) bond motifs is 2. The molecule has 1 aliphatic heterocycles. The zero-order valence-corrected chi connectivity index (χ0v) is 19.3. The fraction of sp³-hybridized carbons (Fsp3) is 0.269. The van der Waals surface area contributed by atoms with Gasteiger partial charge in [0.05, 0.1) is 17.9 Å². The second kappa shape index (κ2) is 8.46. The minimum atomic E-state index is -0.495. The molecular formula is C26H26N4O4. The Hall–Kier alpha value is -3.91. The summed E-state index contributed by atoms with van der Waals surface area (Å²) >= 11 is 0. The van der Waals surface area contributed by atoms with E-state index in [-0.39, 0.29) is 17.9 Å². The van der Waals surface area contributed by atoms with Crippen molar-refractivity contribution < 1.29 is 19.4 Å². The molecule has 0 bridgehead atoms. The Balaban J connectivity index is 1.51. The van der Waals surface area contributed by atoms with Crippen LogP contribution in [0.5, 0.6) is 11.5 Å². The number of aliphatic hydroxyl groups excluding tert-OH is 1. The predicted molar refractivity (Wildman–Crippen MR) is 128 cm³/mol. The normalized spacial score (nSPS) is 17.9. The molecule has 0 unspecified atom stereocenters. The first-order valence-corrected chi connectivity index (χ1v) is 11.3. The number of hydrogen-bond donors (Lipinski definition) is 2. The third-order valence-corrected chi connectivity index (χ3v) is 6.49. The summed E-state index contributed by atoms with van der Waals surface area (Å²) in [6.07, 6.45) is 3.43. The first-order chi connectivity index (χ1) is 16.4. The van der Waals surface area contributed by atoms with E-state index in [0.29, 0.717) is 41.1 Å². The number of aryl methyl sites for hydroxylation is 1. The second-order valence-electron chi connectivity index (χ2n) is 8.72. The van der Waals surface area contributed by atoms with Gasteiger partial charge in [-0.25, -0.2) is 4.52 Å². The Kier molecular flexibility index (Phi) is 5.45. The topological polar surface area (TPSA) is 96.2 Å². The molecule has 8 heteroatoms. The van der Waals surface area contributed by atoms with Crippen LogP contribution in [0.3, 0.4) is 0 Å². The number of carbonyl (C=O) groups is 2. The number of β-amino-alcohol motifs (C(OH)–C–C–N with tert-alkyl or cyclic N) is 1. The van der Waals surface area contributed by atoms with Crippen molar-refractivity contribution in [2.75, 3.05) is 13.6 Å². The van der Waals surface area contributed by atoms with Gasteiger partial charge in [0.15, 0.2) is 5.75 Å². The smallest absolute Gasteiger partial charge is 0.256 e. The van der Waals surface area contributed by atoms with Gasteiger partial charge in [-0.05, 0) is 60.9 Å².